The van der Waals surface area contributed by atoms with Crippen molar-refractivity contribution in [3.63, 3.8) is 0 Å². The number of ether oxygens (including phenoxy) is 1. The summed E-state index contributed by atoms with van der Waals surface area (Å²) in [4.78, 5) is 19.3. The number of aromatic nitrogens is 1. The minimum atomic E-state index is -0.472. The molecule has 0 N–H and O–H groups in total. The lowest BCUT2D eigenvalue weighted by Gasteiger charge is -2.36. The predicted molar refractivity (Wildman–Crippen MR) is 92.5 cm³/mol. The van der Waals surface area contributed by atoms with Crippen LogP contribution in [0.3, 0.4) is 0 Å². The lowest BCUT2D eigenvalue weighted by Crippen LogP contribution is -2.42. The molecule has 1 saturated heterocycles. The number of likely N-dealkylation sites (tertiary alicyclic amines) is 1. The molecule has 1 fully saturated rings. The first-order valence-electron chi connectivity index (χ1n) is 8.55. The Morgan fingerprint density at radius 2 is 1.87 bits per heavy atom. The lowest BCUT2D eigenvalue weighted by atomic mass is 9.90. The number of carbonyl (C=O) groups excluding carboxylic acids is 1. The van der Waals surface area contributed by atoms with Crippen LogP contribution in [0.4, 0.5) is 4.79 Å². The molecule has 0 aromatic carbocycles. The van der Waals surface area contributed by atoms with Crippen LogP contribution in [-0.2, 0) is 10.2 Å². The third kappa shape index (κ3) is 4.69. The molecule has 0 spiro atoms. The minimum Gasteiger partial charge on any atom is -0.444 e. The van der Waals surface area contributed by atoms with Crippen molar-refractivity contribution in [2.24, 2.45) is 0 Å². The minimum absolute atomic E-state index is 0.00141. The van der Waals surface area contributed by atoms with Gasteiger partial charge < -0.3 is 4.74 Å². The Morgan fingerprint density at radius 1 is 1.17 bits per heavy atom. The second-order valence-electron chi connectivity index (χ2n) is 8.38. The van der Waals surface area contributed by atoms with Gasteiger partial charge in [0.2, 0.25) is 0 Å². The highest BCUT2D eigenvalue weighted by Crippen LogP contribution is 2.32. The van der Waals surface area contributed by atoms with Gasteiger partial charge in [-0.05, 0) is 52.2 Å². The summed E-state index contributed by atoms with van der Waals surface area (Å²) < 4.78 is 5.59. The molecule has 23 heavy (non-hydrogen) atoms. The average Bonchev–Trinajstić information content (AvgIpc) is 2.45. The van der Waals surface area contributed by atoms with Crippen molar-refractivity contribution in [1.82, 2.24) is 9.88 Å². The Kier molecular flexibility index (Phi) is 5.02. The lowest BCUT2D eigenvalue weighted by molar-refractivity contribution is 0.00897. The zero-order valence-corrected chi connectivity index (χ0v) is 15.3. The zero-order chi connectivity index (χ0) is 17.3. The fourth-order valence-corrected chi connectivity index (χ4v) is 2.83. The first-order valence-corrected chi connectivity index (χ1v) is 8.55. The van der Waals surface area contributed by atoms with Crippen LogP contribution in [0.25, 0.3) is 0 Å². The molecular weight excluding hydrogens is 288 g/mol. The predicted octanol–water partition coefficient (Wildman–Crippen LogP) is 4.84. The van der Waals surface area contributed by atoms with Gasteiger partial charge in [-0.1, -0.05) is 26.8 Å². The molecule has 128 valence electrons. The van der Waals surface area contributed by atoms with E-state index in [-0.39, 0.29) is 17.6 Å². The molecule has 1 unspecified atom stereocenters. The first-order chi connectivity index (χ1) is 10.6. The number of carbonyl (C=O) groups is 1. The van der Waals surface area contributed by atoms with E-state index in [9.17, 15) is 4.79 Å². The number of pyridine rings is 1. The van der Waals surface area contributed by atoms with Crippen LogP contribution in [0.2, 0.25) is 0 Å². The standard InChI is InChI=1S/C19H30N2O2/c1-18(2,3)16-12-9-10-14(20-16)15-11-7-8-13-21(15)17(22)23-19(4,5)6/h9-10,12,15H,7-8,11,13H2,1-6H3. The van der Waals surface area contributed by atoms with E-state index in [0.29, 0.717) is 0 Å². The van der Waals surface area contributed by atoms with E-state index in [1.165, 1.54) is 0 Å². The molecule has 1 aliphatic rings. The van der Waals surface area contributed by atoms with Gasteiger partial charge in [0.25, 0.3) is 0 Å². The van der Waals surface area contributed by atoms with E-state index in [0.717, 1.165) is 37.2 Å². The third-order valence-electron chi connectivity index (χ3n) is 4.01. The largest absolute Gasteiger partial charge is 0.444 e. The Balaban J connectivity index is 2.26. The molecule has 1 aliphatic heterocycles. The molecule has 1 aromatic rings. The van der Waals surface area contributed by atoms with Gasteiger partial charge in [-0.25, -0.2) is 4.79 Å². The fraction of sp³-hybridized carbons (Fsp3) is 0.684. The summed E-state index contributed by atoms with van der Waals surface area (Å²) in [5, 5.41) is 0. The topological polar surface area (TPSA) is 42.4 Å². The highest BCUT2D eigenvalue weighted by molar-refractivity contribution is 5.69. The first kappa shape index (κ1) is 17.8. The van der Waals surface area contributed by atoms with Crippen LogP contribution in [0, 0.1) is 0 Å². The summed E-state index contributed by atoms with van der Waals surface area (Å²) in [7, 11) is 0. The monoisotopic (exact) mass is 318 g/mol. The second-order valence-corrected chi connectivity index (χ2v) is 8.38. The molecule has 0 aliphatic carbocycles. The average molecular weight is 318 g/mol. The second kappa shape index (κ2) is 6.50. The van der Waals surface area contributed by atoms with Gasteiger partial charge in [0.1, 0.15) is 5.60 Å². The van der Waals surface area contributed by atoms with Crippen LogP contribution < -0.4 is 0 Å². The van der Waals surface area contributed by atoms with Crippen molar-refractivity contribution in [3.05, 3.63) is 29.6 Å². The Hall–Kier alpha value is -1.58. The molecule has 1 atom stereocenters. The maximum atomic E-state index is 12.6. The van der Waals surface area contributed by atoms with Gasteiger partial charge in [-0.2, -0.15) is 0 Å². The Morgan fingerprint density at radius 3 is 2.48 bits per heavy atom. The molecule has 2 rings (SSSR count). The molecular formula is C19H30N2O2. The maximum Gasteiger partial charge on any atom is 0.410 e. The van der Waals surface area contributed by atoms with E-state index in [1.807, 2.05) is 37.8 Å². The molecule has 4 heteroatoms. The van der Waals surface area contributed by atoms with E-state index in [4.69, 9.17) is 9.72 Å². The highest BCUT2D eigenvalue weighted by Gasteiger charge is 2.32. The van der Waals surface area contributed by atoms with E-state index in [2.05, 4.69) is 26.8 Å². The van der Waals surface area contributed by atoms with Gasteiger partial charge in [-0.15, -0.1) is 0 Å². The van der Waals surface area contributed by atoms with Crippen LogP contribution in [0.15, 0.2) is 18.2 Å². The van der Waals surface area contributed by atoms with Gasteiger partial charge >= 0.3 is 6.09 Å². The van der Waals surface area contributed by atoms with Gasteiger partial charge in [0.15, 0.2) is 0 Å². The fourth-order valence-electron chi connectivity index (χ4n) is 2.83. The van der Waals surface area contributed by atoms with Gasteiger partial charge in [0, 0.05) is 17.7 Å². The summed E-state index contributed by atoms with van der Waals surface area (Å²) in [6.07, 6.45) is 2.85. The highest BCUT2D eigenvalue weighted by atomic mass is 16.6. The van der Waals surface area contributed by atoms with Crippen molar-refractivity contribution in [3.8, 4) is 0 Å². The third-order valence-corrected chi connectivity index (χ3v) is 4.01. The van der Waals surface area contributed by atoms with E-state index < -0.39 is 5.60 Å². The number of hydrogen-bond acceptors (Lipinski definition) is 3. The van der Waals surface area contributed by atoms with E-state index in [1.54, 1.807) is 0 Å². The summed E-state index contributed by atoms with van der Waals surface area (Å²) >= 11 is 0. The molecule has 1 amide bonds. The van der Waals surface area contributed by atoms with Crippen molar-refractivity contribution in [2.75, 3.05) is 6.54 Å². The van der Waals surface area contributed by atoms with Crippen LogP contribution in [0.5, 0.6) is 0 Å². The summed E-state index contributed by atoms with van der Waals surface area (Å²) in [6, 6.07) is 6.15. The van der Waals surface area contributed by atoms with Crippen LogP contribution in [0.1, 0.15) is 78.2 Å². The maximum absolute atomic E-state index is 12.6. The van der Waals surface area contributed by atoms with Crippen LogP contribution in [-0.4, -0.2) is 28.1 Å². The smallest absolute Gasteiger partial charge is 0.410 e. The normalized spacial score (nSPS) is 19.6. The van der Waals surface area contributed by atoms with Gasteiger partial charge in [0.05, 0.1) is 11.7 Å². The zero-order valence-electron chi connectivity index (χ0n) is 15.3. The number of amides is 1. The Labute approximate surface area is 140 Å². The summed E-state index contributed by atoms with van der Waals surface area (Å²) in [6.45, 7) is 12.9. The molecule has 0 radical (unpaired) electrons. The van der Waals surface area contributed by atoms with Gasteiger partial charge in [-0.3, -0.25) is 9.88 Å². The SMILES string of the molecule is CC(C)(C)OC(=O)N1CCCCC1c1cccc(C(C)(C)C)n1. The van der Waals surface area contributed by atoms with Crippen molar-refractivity contribution < 1.29 is 9.53 Å². The molecule has 0 bridgehead atoms. The number of nitrogens with zero attached hydrogens (tertiary/aromatic N) is 2. The number of hydrogen-bond donors (Lipinski definition) is 0. The Bertz CT molecular complexity index is 555. The van der Waals surface area contributed by atoms with Crippen molar-refractivity contribution in [1.29, 1.82) is 0 Å². The van der Waals surface area contributed by atoms with Crippen molar-refractivity contribution >= 4 is 6.09 Å². The summed E-state index contributed by atoms with van der Waals surface area (Å²) in [5.74, 6) is 0. The number of piperidine rings is 1. The molecule has 4 nitrogen and oxygen atoms in total. The van der Waals surface area contributed by atoms with E-state index >= 15 is 0 Å². The molecule has 2 heterocycles. The van der Waals surface area contributed by atoms with Crippen molar-refractivity contribution in [2.45, 2.75) is 77.9 Å². The summed E-state index contributed by atoms with van der Waals surface area (Å²) in [5.41, 5.74) is 1.56. The molecule has 1 aromatic heterocycles. The quantitative estimate of drug-likeness (QED) is 0.744. The number of rotatable bonds is 1. The molecule has 0 saturated carbocycles. The van der Waals surface area contributed by atoms with Crippen LogP contribution >= 0.6 is 0 Å².